The predicted octanol–water partition coefficient (Wildman–Crippen LogP) is 2.61. The molecule has 1 aliphatic rings. The van der Waals surface area contributed by atoms with Gasteiger partial charge in [0.25, 0.3) is 5.91 Å². The van der Waals surface area contributed by atoms with E-state index >= 15 is 0 Å². The Kier molecular flexibility index (Phi) is 7.14. The quantitative estimate of drug-likeness (QED) is 0.397. The van der Waals surface area contributed by atoms with Gasteiger partial charge in [0.15, 0.2) is 12.2 Å². The maximum Gasteiger partial charge on any atom is 0.331 e. The molecule has 0 bridgehead atoms. The van der Waals surface area contributed by atoms with Crippen LogP contribution in [0.1, 0.15) is 5.89 Å². The maximum absolute atomic E-state index is 12.4. The Bertz CT molecular complexity index is 1040. The van der Waals surface area contributed by atoms with Crippen molar-refractivity contribution in [3.05, 3.63) is 66.6 Å². The average molecular weight is 435 g/mol. The van der Waals surface area contributed by atoms with E-state index < -0.39 is 5.97 Å². The second kappa shape index (κ2) is 10.6. The lowest BCUT2D eigenvalue weighted by molar-refractivity contribution is -0.149. The summed E-state index contributed by atoms with van der Waals surface area (Å²) in [5.74, 6) is 0.348. The lowest BCUT2D eigenvalue weighted by Crippen LogP contribution is -2.50. The first-order valence-electron chi connectivity index (χ1n) is 10.6. The average Bonchev–Trinajstić information content (AvgIpc) is 3.25. The molecule has 0 aliphatic carbocycles. The van der Waals surface area contributed by atoms with Crippen LogP contribution in [-0.4, -0.2) is 72.6 Å². The van der Waals surface area contributed by atoms with E-state index in [1.165, 1.54) is 12.2 Å². The number of oxazole rings is 1. The minimum absolute atomic E-state index is 0.200. The summed E-state index contributed by atoms with van der Waals surface area (Å²) in [6, 6.07) is 17.0. The standard InChI is InChI=1S/C24H25N3O5/c28-23(18-31-24(29)11-10-22-25-20-8-4-5-9-21(20)32-22)27-14-12-26(13-15-27)16-17-30-19-6-2-1-3-7-19/h1-11H,12-18H2/b11-10+. The van der Waals surface area contributed by atoms with E-state index in [1.807, 2.05) is 48.5 Å². The van der Waals surface area contributed by atoms with Crippen LogP contribution in [0.15, 0.2) is 65.1 Å². The van der Waals surface area contributed by atoms with Crippen molar-refractivity contribution in [3.8, 4) is 5.75 Å². The zero-order valence-corrected chi connectivity index (χ0v) is 17.7. The van der Waals surface area contributed by atoms with Gasteiger partial charge in [-0.1, -0.05) is 30.3 Å². The molecule has 4 rings (SSSR count). The zero-order chi connectivity index (χ0) is 22.2. The first-order chi connectivity index (χ1) is 15.7. The Morgan fingerprint density at radius 1 is 1.00 bits per heavy atom. The molecule has 32 heavy (non-hydrogen) atoms. The van der Waals surface area contributed by atoms with E-state index in [4.69, 9.17) is 13.9 Å². The van der Waals surface area contributed by atoms with Crippen molar-refractivity contribution in [1.29, 1.82) is 0 Å². The van der Waals surface area contributed by atoms with Crippen molar-refractivity contribution >= 4 is 29.1 Å². The molecule has 0 saturated carbocycles. The number of para-hydroxylation sites is 3. The number of esters is 1. The number of hydrogen-bond donors (Lipinski definition) is 0. The molecule has 1 aromatic heterocycles. The fourth-order valence-electron chi connectivity index (χ4n) is 3.40. The van der Waals surface area contributed by atoms with Gasteiger partial charge in [-0.05, 0) is 24.3 Å². The van der Waals surface area contributed by atoms with Crippen LogP contribution in [0.25, 0.3) is 17.2 Å². The first-order valence-corrected chi connectivity index (χ1v) is 10.6. The number of amides is 1. The van der Waals surface area contributed by atoms with Crippen molar-refractivity contribution in [2.45, 2.75) is 0 Å². The summed E-state index contributed by atoms with van der Waals surface area (Å²) in [5.41, 5.74) is 1.35. The van der Waals surface area contributed by atoms with Crippen molar-refractivity contribution in [3.63, 3.8) is 0 Å². The van der Waals surface area contributed by atoms with Gasteiger partial charge in [-0.15, -0.1) is 0 Å². The van der Waals surface area contributed by atoms with Crippen molar-refractivity contribution < 1.29 is 23.5 Å². The molecule has 8 nitrogen and oxygen atoms in total. The molecule has 3 aromatic rings. The van der Waals surface area contributed by atoms with Crippen molar-refractivity contribution in [2.24, 2.45) is 0 Å². The van der Waals surface area contributed by atoms with E-state index in [-0.39, 0.29) is 12.5 Å². The fraction of sp³-hybridized carbons (Fsp3) is 0.292. The number of fused-ring (bicyclic) bond motifs is 1. The summed E-state index contributed by atoms with van der Waals surface area (Å²) < 4.78 is 16.3. The van der Waals surface area contributed by atoms with Gasteiger partial charge in [0, 0.05) is 44.9 Å². The summed E-state index contributed by atoms with van der Waals surface area (Å²) in [7, 11) is 0. The number of benzene rings is 2. The van der Waals surface area contributed by atoms with Crippen LogP contribution in [-0.2, 0) is 14.3 Å². The number of rotatable bonds is 8. The third-order valence-corrected chi connectivity index (χ3v) is 5.15. The first kappa shape index (κ1) is 21.6. The molecule has 0 radical (unpaired) electrons. The number of hydrogen-bond acceptors (Lipinski definition) is 7. The Morgan fingerprint density at radius 3 is 2.53 bits per heavy atom. The Labute approximate surface area is 186 Å². The number of ether oxygens (including phenoxy) is 2. The number of piperazine rings is 1. The minimum Gasteiger partial charge on any atom is -0.492 e. The molecule has 1 aliphatic heterocycles. The molecule has 1 saturated heterocycles. The molecular formula is C24H25N3O5. The summed E-state index contributed by atoms with van der Waals surface area (Å²) >= 11 is 0. The summed E-state index contributed by atoms with van der Waals surface area (Å²) in [6.07, 6.45) is 2.64. The van der Waals surface area contributed by atoms with E-state index in [2.05, 4.69) is 9.88 Å². The topological polar surface area (TPSA) is 85.1 Å². The molecule has 0 atom stereocenters. The Balaban J connectivity index is 1.14. The van der Waals surface area contributed by atoms with E-state index in [9.17, 15) is 9.59 Å². The number of carbonyl (C=O) groups excluding carboxylic acids is 2. The molecule has 1 amide bonds. The van der Waals surface area contributed by atoms with Crippen LogP contribution in [0.4, 0.5) is 0 Å². The Hall–Kier alpha value is -3.65. The summed E-state index contributed by atoms with van der Waals surface area (Å²) in [4.78, 5) is 32.5. The highest BCUT2D eigenvalue weighted by Crippen LogP contribution is 2.15. The van der Waals surface area contributed by atoms with Crippen LogP contribution < -0.4 is 4.74 Å². The molecule has 0 unspecified atom stereocenters. The number of carbonyl (C=O) groups is 2. The maximum atomic E-state index is 12.4. The fourth-order valence-corrected chi connectivity index (χ4v) is 3.40. The third kappa shape index (κ3) is 5.95. The van der Waals surface area contributed by atoms with Gasteiger partial charge in [0.05, 0.1) is 0 Å². The second-order valence-electron chi connectivity index (χ2n) is 7.34. The highest BCUT2D eigenvalue weighted by atomic mass is 16.5. The van der Waals surface area contributed by atoms with E-state index in [0.29, 0.717) is 36.7 Å². The van der Waals surface area contributed by atoms with Crippen LogP contribution in [0.5, 0.6) is 5.75 Å². The van der Waals surface area contributed by atoms with Crippen LogP contribution in [0, 0.1) is 0 Å². The summed E-state index contributed by atoms with van der Waals surface area (Å²) in [5, 5.41) is 0. The van der Waals surface area contributed by atoms with E-state index in [1.54, 1.807) is 11.0 Å². The lowest BCUT2D eigenvalue weighted by atomic mass is 10.3. The second-order valence-corrected chi connectivity index (χ2v) is 7.34. The largest absolute Gasteiger partial charge is 0.492 e. The van der Waals surface area contributed by atoms with Gasteiger partial charge in [-0.3, -0.25) is 9.69 Å². The van der Waals surface area contributed by atoms with Gasteiger partial charge in [0.2, 0.25) is 5.89 Å². The third-order valence-electron chi connectivity index (χ3n) is 5.15. The smallest absolute Gasteiger partial charge is 0.331 e. The van der Waals surface area contributed by atoms with Crippen LogP contribution in [0.2, 0.25) is 0 Å². The van der Waals surface area contributed by atoms with Crippen molar-refractivity contribution in [1.82, 2.24) is 14.8 Å². The highest BCUT2D eigenvalue weighted by molar-refractivity contribution is 5.89. The number of nitrogens with zero attached hydrogens (tertiary/aromatic N) is 3. The molecular weight excluding hydrogens is 410 g/mol. The van der Waals surface area contributed by atoms with Gasteiger partial charge in [-0.25, -0.2) is 9.78 Å². The molecule has 2 aromatic carbocycles. The number of aromatic nitrogens is 1. The van der Waals surface area contributed by atoms with Gasteiger partial charge < -0.3 is 18.8 Å². The van der Waals surface area contributed by atoms with Gasteiger partial charge in [-0.2, -0.15) is 0 Å². The minimum atomic E-state index is -0.614. The molecule has 166 valence electrons. The SMILES string of the molecule is O=C(/C=C/c1nc2ccccc2o1)OCC(=O)N1CCN(CCOc2ccccc2)CC1. The predicted molar refractivity (Wildman–Crippen MR) is 119 cm³/mol. The van der Waals surface area contributed by atoms with Crippen LogP contribution in [0.3, 0.4) is 0 Å². The van der Waals surface area contributed by atoms with Crippen molar-refractivity contribution in [2.75, 3.05) is 45.9 Å². The molecule has 8 heteroatoms. The molecule has 0 spiro atoms. The van der Waals surface area contributed by atoms with Crippen LogP contribution >= 0.6 is 0 Å². The normalized spacial score (nSPS) is 14.7. The Morgan fingerprint density at radius 2 is 1.75 bits per heavy atom. The lowest BCUT2D eigenvalue weighted by Gasteiger charge is -2.34. The summed E-state index contributed by atoms with van der Waals surface area (Å²) in [6.45, 7) is 3.83. The highest BCUT2D eigenvalue weighted by Gasteiger charge is 2.21. The monoisotopic (exact) mass is 435 g/mol. The van der Waals surface area contributed by atoms with Gasteiger partial charge in [0.1, 0.15) is 17.9 Å². The zero-order valence-electron chi connectivity index (χ0n) is 17.7. The molecule has 2 heterocycles. The van der Waals surface area contributed by atoms with Gasteiger partial charge >= 0.3 is 5.97 Å². The van der Waals surface area contributed by atoms with E-state index in [0.717, 1.165) is 25.4 Å². The molecule has 1 fully saturated rings. The molecule has 0 N–H and O–H groups in total.